The summed E-state index contributed by atoms with van der Waals surface area (Å²) in [6.45, 7) is -0.558. The second kappa shape index (κ2) is 64.1. The fraction of sp³-hybridized carbons (Fsp3) is 0.896. The van der Waals surface area contributed by atoms with Crippen molar-refractivity contribution in [3.05, 3.63) is 12.2 Å². The van der Waals surface area contributed by atoms with E-state index in [1.165, 1.54) is 141 Å². The van der Waals surface area contributed by atoms with E-state index in [9.17, 15) is 151 Å². The van der Waals surface area contributed by atoms with Crippen LogP contribution in [0.2, 0.25) is 0 Å². The van der Waals surface area contributed by atoms with Crippen molar-refractivity contribution in [3.63, 3.8) is 0 Å². The summed E-state index contributed by atoms with van der Waals surface area (Å²) in [5.74, 6) is -23.6. The molecule has 3 unspecified atom stereocenters. The molecule has 6 aliphatic rings. The third-order valence-electron chi connectivity index (χ3n) is 27.3. The minimum absolute atomic E-state index is 0.0837. The van der Waals surface area contributed by atoms with Gasteiger partial charge in [0.05, 0.1) is 101 Å². The zero-order valence-electron chi connectivity index (χ0n) is 83.0. The molecule has 26 N–H and O–H groups in total. The largest absolute Gasteiger partial charge is 0.477 e. The SMILES string of the molecule is CCCCCCCCCCCCC/C=C\[C@@H](O)[C@H](CO[C@@H]1O[C@H](CO)[C@@H](O[C@@H]2O[C@H](CO)[C@H](O[C@@H]3O[C@H](CO)[C@H](O)[C@H](O)[C@H]3CC(C)=O)[C@H](O[C@]3(C(=O)O)C[C@H](O)[C@@H](NC(C)=O)C([C@H](O)[C@@H](CO)O[C@]4(C(=O)O)C[C@H](O)[C@@H](NC(C)=O)C([C@H](O)[C@@H](CO)O[C@]5(C(=O)O)C[C@H](O)[C@@H](NC(C)=O)C([C@H](O)[C@H](O)CO)O5)O4)O3)[C@H]2O)[C@H](O)[C@H]1O)NC(=O)CCCCCCCCCCCCCCCCCCCCCCC. The highest BCUT2D eigenvalue weighted by molar-refractivity contribution is 5.79. The van der Waals surface area contributed by atoms with Crippen LogP contribution in [0.1, 0.15) is 286 Å². The van der Waals surface area contributed by atoms with Crippen LogP contribution in [0.5, 0.6) is 0 Å². The number of amides is 4. The molecule has 824 valence electrons. The lowest BCUT2D eigenvalue weighted by molar-refractivity contribution is -0.404. The number of unbranched alkanes of at least 4 members (excludes halogenated alkanes) is 31. The zero-order chi connectivity index (χ0) is 105. The van der Waals surface area contributed by atoms with E-state index in [2.05, 4.69) is 35.1 Å². The Balaban J connectivity index is 1.28. The van der Waals surface area contributed by atoms with Crippen molar-refractivity contribution in [2.24, 2.45) is 5.92 Å². The van der Waals surface area contributed by atoms with Gasteiger partial charge in [0.1, 0.15) is 122 Å². The zero-order valence-corrected chi connectivity index (χ0v) is 83.0. The molecule has 35 atom stereocenters. The average molecular weight is 2050 g/mol. The van der Waals surface area contributed by atoms with Gasteiger partial charge in [0.25, 0.3) is 17.4 Å². The van der Waals surface area contributed by atoms with Gasteiger partial charge >= 0.3 is 17.9 Å². The summed E-state index contributed by atoms with van der Waals surface area (Å²) in [5.41, 5.74) is 0. The van der Waals surface area contributed by atoms with Gasteiger partial charge in [-0.15, -0.1) is 0 Å². The van der Waals surface area contributed by atoms with Gasteiger partial charge < -0.3 is 195 Å². The predicted octanol–water partition coefficient (Wildman–Crippen LogP) is -1.09. The lowest BCUT2D eigenvalue weighted by Gasteiger charge is -2.53. The lowest BCUT2D eigenvalue weighted by atomic mass is 9.86. The number of aliphatic hydroxyl groups is 19. The highest BCUT2D eigenvalue weighted by atomic mass is 16.8. The molecular weight excluding hydrogens is 1880 g/mol. The number of ether oxygens (including phenoxy) is 12. The van der Waals surface area contributed by atoms with Crippen molar-refractivity contribution in [2.75, 3.05) is 46.2 Å². The molecule has 0 aromatic carbocycles. The number of ketones is 1. The third kappa shape index (κ3) is 37.6. The standard InChI is InChI=1S/C96H168N4O42/c1-7-9-11-13-15-17-19-21-22-23-24-25-26-27-28-30-32-34-36-38-40-42-70(116)100-59(60(111)41-39-37-35-33-31-29-20-18-16-14-12-10-8-2)53-131-89-80(123)79(122)82(68(51-105)133-89)135-90-81(124)87(83(69(52-106)134-90)136-88-58(43-54(3)107)74(117)76(119)65(48-102)132-88)142-96(93(129)130)46-63(114)73(99-57(6)110)86(141-96)78(121)67(50-104)138-95(92(127)128)45-62(113)72(98-56(5)109)85(140-95)77(120)66(49-103)137-94(91(125)126)44-61(112)71(97-55(4)108)84(139-94)75(118)64(115)47-101/h39,41,58-69,71-90,101-106,111-115,117-124H,7-38,40,42-53H2,1-6H3,(H,97,108)(H,98,109)(H,99,110)(H,100,116)(H,125,126)(H,127,128)(H,129,130)/b41-39-/t58-,59+,60-,61+,62+,63+,64-,65-,66-,67-,68-,69-,71-,72-,73-,74-,75-,76+,77-,78-,79-,80-,81-,82-,83+,84?,85?,86?,87-,88+,89-,90+,94-,95-,96+/m1/s1. The molecule has 0 aliphatic carbocycles. The Morgan fingerprint density at radius 3 is 1.15 bits per heavy atom. The van der Waals surface area contributed by atoms with E-state index in [1.807, 2.05) is 0 Å². The van der Waals surface area contributed by atoms with Crippen LogP contribution >= 0.6 is 0 Å². The first-order chi connectivity index (χ1) is 67.6. The first-order valence-electron chi connectivity index (χ1n) is 51.1. The quantitative estimate of drug-likeness (QED) is 0.0254. The second-order valence-electron chi connectivity index (χ2n) is 38.9. The number of Topliss-reactive ketones (excluding diaryl/α,β-unsaturated/α-hetero) is 1. The Morgan fingerprint density at radius 2 is 0.768 bits per heavy atom. The molecule has 6 heterocycles. The lowest BCUT2D eigenvalue weighted by Crippen LogP contribution is -2.72. The Kier molecular flexibility index (Phi) is 56.5. The molecule has 142 heavy (non-hydrogen) atoms. The summed E-state index contributed by atoms with van der Waals surface area (Å²) in [7, 11) is 0. The van der Waals surface area contributed by atoms with Crippen LogP contribution in [-0.2, 0) is 95.2 Å². The maximum atomic E-state index is 14.5. The maximum Gasteiger partial charge on any atom is 0.364 e. The number of carbonyl (C=O) groups excluding carboxylic acids is 5. The van der Waals surface area contributed by atoms with Crippen molar-refractivity contribution in [3.8, 4) is 0 Å². The Hall–Kier alpha value is -5.54. The molecule has 46 nitrogen and oxygen atoms in total. The van der Waals surface area contributed by atoms with E-state index in [0.717, 1.165) is 91.9 Å². The monoisotopic (exact) mass is 2050 g/mol. The highest BCUT2D eigenvalue weighted by Crippen LogP contribution is 2.45. The Labute approximate surface area is 829 Å². The summed E-state index contributed by atoms with van der Waals surface area (Å²) >= 11 is 0. The van der Waals surface area contributed by atoms with Gasteiger partial charge in [0, 0.05) is 58.8 Å². The number of carboxylic acids is 3. The number of carbonyl (C=O) groups is 8. The molecule has 0 saturated carbocycles. The Morgan fingerprint density at radius 1 is 0.401 bits per heavy atom. The number of aliphatic hydroxyl groups excluding tert-OH is 19. The summed E-state index contributed by atoms with van der Waals surface area (Å²) in [6.07, 6.45) is -25.8. The smallest absolute Gasteiger partial charge is 0.364 e. The maximum absolute atomic E-state index is 14.5. The number of allylic oxidation sites excluding steroid dienone is 1. The molecule has 0 bridgehead atoms. The summed E-state index contributed by atoms with van der Waals surface area (Å²) < 4.78 is 72.1. The number of aliphatic carboxylic acids is 3. The normalized spacial score (nSPS) is 33.1. The molecule has 6 aliphatic heterocycles. The van der Waals surface area contributed by atoms with E-state index in [0.29, 0.717) is 12.8 Å². The summed E-state index contributed by atoms with van der Waals surface area (Å²) in [4.78, 5) is 107. The van der Waals surface area contributed by atoms with Crippen molar-refractivity contribution < 1.29 is 208 Å². The van der Waals surface area contributed by atoms with E-state index >= 15 is 0 Å². The van der Waals surface area contributed by atoms with Gasteiger partial charge in [-0.2, -0.15) is 0 Å². The molecule has 0 radical (unpaired) electrons. The Bertz CT molecular complexity index is 3680. The summed E-state index contributed by atoms with van der Waals surface area (Å²) in [5, 5.41) is 262. The van der Waals surface area contributed by atoms with Crippen LogP contribution in [0, 0.1) is 5.92 Å². The van der Waals surface area contributed by atoms with E-state index in [4.69, 9.17) is 56.8 Å². The number of carboxylic acid groups (broad SMARTS) is 3. The number of nitrogens with one attached hydrogen (secondary N) is 4. The van der Waals surface area contributed by atoms with Crippen molar-refractivity contribution in [2.45, 2.75) is 492 Å². The van der Waals surface area contributed by atoms with Crippen molar-refractivity contribution in [1.82, 2.24) is 21.3 Å². The van der Waals surface area contributed by atoms with Crippen LogP contribution < -0.4 is 21.3 Å². The van der Waals surface area contributed by atoms with Gasteiger partial charge in [0.15, 0.2) is 18.9 Å². The average Bonchev–Trinajstić information content (AvgIpc) is 0.744. The molecule has 46 heteroatoms. The molecule has 0 aromatic heterocycles. The molecule has 0 aromatic rings. The van der Waals surface area contributed by atoms with E-state index in [-0.39, 0.29) is 6.42 Å². The fourth-order valence-corrected chi connectivity index (χ4v) is 19.3. The van der Waals surface area contributed by atoms with Crippen LogP contribution in [0.4, 0.5) is 0 Å². The van der Waals surface area contributed by atoms with Crippen molar-refractivity contribution in [1.29, 1.82) is 0 Å². The highest BCUT2D eigenvalue weighted by Gasteiger charge is 2.65. The number of rotatable bonds is 70. The van der Waals surface area contributed by atoms with Gasteiger partial charge in [0.2, 0.25) is 23.6 Å². The van der Waals surface area contributed by atoms with Crippen LogP contribution in [0.15, 0.2) is 12.2 Å². The fourth-order valence-electron chi connectivity index (χ4n) is 19.3. The molecular formula is C96H168N4O42. The number of hydrogen-bond donors (Lipinski definition) is 26. The van der Waals surface area contributed by atoms with Gasteiger partial charge in [-0.1, -0.05) is 219 Å². The second-order valence-corrected chi connectivity index (χ2v) is 38.9. The van der Waals surface area contributed by atoms with Crippen LogP contribution in [0.25, 0.3) is 0 Å². The van der Waals surface area contributed by atoms with E-state index in [1.54, 1.807) is 6.08 Å². The van der Waals surface area contributed by atoms with Crippen LogP contribution in [0.3, 0.4) is 0 Å². The molecule has 6 fully saturated rings. The third-order valence-corrected chi connectivity index (χ3v) is 27.3. The molecule has 4 amide bonds. The molecule has 0 spiro atoms. The predicted molar refractivity (Wildman–Crippen MR) is 497 cm³/mol. The summed E-state index contributed by atoms with van der Waals surface area (Å²) in [6, 6.07) is -7.29. The van der Waals surface area contributed by atoms with Crippen LogP contribution in [-0.4, -0.2) is 413 Å². The van der Waals surface area contributed by atoms with Gasteiger partial charge in [-0.05, 0) is 26.2 Å². The number of hydrogen-bond acceptors (Lipinski definition) is 39. The first-order valence-corrected chi connectivity index (χ1v) is 51.1. The molecule has 6 rings (SSSR count). The minimum atomic E-state index is -3.71. The topological polar surface area (TPSA) is 741 Å². The first kappa shape index (κ1) is 125. The minimum Gasteiger partial charge on any atom is -0.477 e. The van der Waals surface area contributed by atoms with Crippen molar-refractivity contribution >= 4 is 47.3 Å². The van der Waals surface area contributed by atoms with Gasteiger partial charge in [-0.25, -0.2) is 14.4 Å². The van der Waals surface area contributed by atoms with E-state index < -0.39 is 332 Å². The molecule has 6 saturated heterocycles. The van der Waals surface area contributed by atoms with Gasteiger partial charge in [-0.3, -0.25) is 19.2 Å².